The van der Waals surface area contributed by atoms with Crippen molar-refractivity contribution in [1.82, 2.24) is 4.73 Å². The van der Waals surface area contributed by atoms with Crippen LogP contribution in [0.15, 0.2) is 47.4 Å². The third-order valence-corrected chi connectivity index (χ3v) is 7.02. The molecule has 0 aliphatic heterocycles. The lowest BCUT2D eigenvalue weighted by atomic mass is 9.86. The van der Waals surface area contributed by atoms with Crippen LogP contribution in [0.5, 0.6) is 0 Å². The molecule has 1 heterocycles. The summed E-state index contributed by atoms with van der Waals surface area (Å²) in [5.41, 5.74) is 2.07. The van der Waals surface area contributed by atoms with Crippen molar-refractivity contribution in [2.24, 2.45) is 5.92 Å². The zero-order chi connectivity index (χ0) is 25.4. The Balaban J connectivity index is 1.76. The van der Waals surface area contributed by atoms with Gasteiger partial charge in [-0.15, -0.1) is 0 Å². The second kappa shape index (κ2) is 9.27. The lowest BCUT2D eigenvalue weighted by Gasteiger charge is -2.26. The molecule has 1 amide bonds. The number of fused-ring (bicyclic) bond motifs is 1. The molecule has 35 heavy (non-hydrogen) atoms. The van der Waals surface area contributed by atoms with E-state index in [1.165, 1.54) is 12.5 Å². The summed E-state index contributed by atoms with van der Waals surface area (Å²) in [6, 6.07) is 14.0. The van der Waals surface area contributed by atoms with E-state index in [-0.39, 0.29) is 4.90 Å². The highest BCUT2D eigenvalue weighted by molar-refractivity contribution is 7.90. The number of benzene rings is 2. The van der Waals surface area contributed by atoms with E-state index in [4.69, 9.17) is 9.57 Å². The topological polar surface area (TPSA) is 110 Å². The van der Waals surface area contributed by atoms with E-state index in [0.29, 0.717) is 45.9 Å². The molecule has 1 saturated carbocycles. The number of anilines is 1. The Bertz CT molecular complexity index is 1410. The molecule has 0 saturated heterocycles. The molecule has 9 heteroatoms. The molecule has 0 bridgehead atoms. The summed E-state index contributed by atoms with van der Waals surface area (Å²) in [5, 5.41) is 13.3. The Hall–Kier alpha value is -3.51. The van der Waals surface area contributed by atoms with Gasteiger partial charge < -0.3 is 9.57 Å². The van der Waals surface area contributed by atoms with E-state index >= 15 is 0 Å². The molecule has 8 nitrogen and oxygen atoms in total. The van der Waals surface area contributed by atoms with Gasteiger partial charge in [0.15, 0.2) is 9.84 Å². The fourth-order valence-electron chi connectivity index (χ4n) is 3.95. The monoisotopic (exact) mass is 495 g/mol. The number of nitriles is 1. The standard InChI is InChI=1S/C26H29N3O5S/c1-26(2,3)34-25(30)28-19-10-8-18(9-11-19)24-22(15-27)21-13-12-20(35(4,31)32)14-23(21)29(24)33-16-17-6-5-7-17/h8-14,17H,5-7,16H2,1-4H3,(H,28,30). The van der Waals surface area contributed by atoms with Gasteiger partial charge in [-0.25, -0.2) is 13.2 Å². The Morgan fingerprint density at radius 1 is 1.17 bits per heavy atom. The van der Waals surface area contributed by atoms with Gasteiger partial charge in [-0.05, 0) is 63.8 Å². The predicted molar refractivity (Wildman–Crippen MR) is 134 cm³/mol. The zero-order valence-corrected chi connectivity index (χ0v) is 21.1. The Kier molecular flexibility index (Phi) is 6.52. The second-order valence-corrected chi connectivity index (χ2v) is 11.9. The van der Waals surface area contributed by atoms with Crippen LogP contribution in [0, 0.1) is 17.2 Å². The number of carbonyl (C=O) groups excluding carboxylic acids is 1. The number of aromatic nitrogens is 1. The molecule has 1 aliphatic carbocycles. The first-order chi connectivity index (χ1) is 16.5. The first-order valence-electron chi connectivity index (χ1n) is 11.5. The quantitative estimate of drug-likeness (QED) is 0.506. The minimum absolute atomic E-state index is 0.156. The number of ether oxygens (including phenoxy) is 1. The first-order valence-corrected chi connectivity index (χ1v) is 13.4. The van der Waals surface area contributed by atoms with Crippen LogP contribution < -0.4 is 10.2 Å². The van der Waals surface area contributed by atoms with Crippen LogP contribution in [0.2, 0.25) is 0 Å². The predicted octanol–water partition coefficient (Wildman–Crippen LogP) is 5.16. The van der Waals surface area contributed by atoms with Gasteiger partial charge in [-0.3, -0.25) is 5.32 Å². The highest BCUT2D eigenvalue weighted by atomic mass is 32.2. The zero-order valence-electron chi connectivity index (χ0n) is 20.3. The van der Waals surface area contributed by atoms with Gasteiger partial charge in [0.25, 0.3) is 0 Å². The maximum atomic E-state index is 12.2. The fraction of sp³-hybridized carbons (Fsp3) is 0.385. The van der Waals surface area contributed by atoms with Crippen molar-refractivity contribution in [3.05, 3.63) is 48.0 Å². The van der Waals surface area contributed by atoms with Gasteiger partial charge in [0.2, 0.25) is 0 Å². The first kappa shape index (κ1) is 24.6. The van der Waals surface area contributed by atoms with Gasteiger partial charge >= 0.3 is 6.09 Å². The molecule has 0 spiro atoms. The van der Waals surface area contributed by atoms with Crippen molar-refractivity contribution < 1.29 is 22.8 Å². The van der Waals surface area contributed by atoms with E-state index in [0.717, 1.165) is 19.1 Å². The van der Waals surface area contributed by atoms with Gasteiger partial charge in [-0.2, -0.15) is 9.99 Å². The summed E-state index contributed by atoms with van der Waals surface area (Å²) < 4.78 is 31.3. The summed E-state index contributed by atoms with van der Waals surface area (Å²) in [7, 11) is -3.44. The molecule has 0 atom stereocenters. The minimum Gasteiger partial charge on any atom is -0.444 e. The number of hydrogen-bond donors (Lipinski definition) is 1. The molecular formula is C26H29N3O5S. The smallest absolute Gasteiger partial charge is 0.412 e. The van der Waals surface area contributed by atoms with Crippen LogP contribution in [0.25, 0.3) is 22.2 Å². The summed E-state index contributed by atoms with van der Waals surface area (Å²) in [5.74, 6) is 0.435. The minimum atomic E-state index is -3.44. The van der Waals surface area contributed by atoms with Crippen LogP contribution in [-0.2, 0) is 14.6 Å². The SMILES string of the molecule is CC(C)(C)OC(=O)Nc1ccc(-c2c(C#N)c3ccc(S(C)(=O)=O)cc3n2OCC2CCC2)cc1. The molecule has 1 aliphatic rings. The molecule has 1 fully saturated rings. The van der Waals surface area contributed by atoms with Crippen LogP contribution in [0.3, 0.4) is 0 Å². The van der Waals surface area contributed by atoms with E-state index in [1.54, 1.807) is 61.9 Å². The number of hydrogen-bond acceptors (Lipinski definition) is 6. The van der Waals surface area contributed by atoms with Crippen LogP contribution in [-0.4, -0.2) is 37.7 Å². The summed E-state index contributed by atoms with van der Waals surface area (Å²) in [4.78, 5) is 18.4. The molecule has 184 valence electrons. The van der Waals surface area contributed by atoms with Crippen molar-refractivity contribution in [3.63, 3.8) is 0 Å². The largest absolute Gasteiger partial charge is 0.444 e. The van der Waals surface area contributed by atoms with E-state index in [1.807, 2.05) is 0 Å². The molecule has 0 unspecified atom stereocenters. The number of carbonyl (C=O) groups is 1. The lowest BCUT2D eigenvalue weighted by molar-refractivity contribution is 0.0635. The van der Waals surface area contributed by atoms with Gasteiger partial charge in [0.1, 0.15) is 24.0 Å². The van der Waals surface area contributed by atoms with Gasteiger partial charge in [0.05, 0.1) is 16.0 Å². The highest BCUT2D eigenvalue weighted by Gasteiger charge is 2.24. The lowest BCUT2D eigenvalue weighted by Crippen LogP contribution is -2.27. The van der Waals surface area contributed by atoms with E-state index in [2.05, 4.69) is 11.4 Å². The maximum Gasteiger partial charge on any atom is 0.412 e. The molecule has 1 aromatic heterocycles. The Labute approximate surface area is 205 Å². The van der Waals surface area contributed by atoms with Crippen LogP contribution in [0.1, 0.15) is 45.6 Å². The maximum absolute atomic E-state index is 12.2. The third kappa shape index (κ3) is 5.43. The summed E-state index contributed by atoms with van der Waals surface area (Å²) in [6.07, 6.45) is 3.92. The number of rotatable bonds is 6. The van der Waals surface area contributed by atoms with E-state index < -0.39 is 21.5 Å². The van der Waals surface area contributed by atoms with Crippen molar-refractivity contribution in [3.8, 4) is 17.3 Å². The number of sulfone groups is 1. The number of amides is 1. The Morgan fingerprint density at radius 3 is 2.40 bits per heavy atom. The van der Waals surface area contributed by atoms with Gasteiger partial charge in [0, 0.05) is 22.9 Å². The Morgan fingerprint density at radius 2 is 1.86 bits per heavy atom. The fourth-order valence-corrected chi connectivity index (χ4v) is 4.59. The molecule has 2 aromatic carbocycles. The number of nitrogens with zero attached hydrogens (tertiary/aromatic N) is 2. The van der Waals surface area contributed by atoms with Crippen LogP contribution in [0.4, 0.5) is 10.5 Å². The van der Waals surface area contributed by atoms with Crippen molar-refractivity contribution in [2.45, 2.75) is 50.5 Å². The average Bonchev–Trinajstić information content (AvgIpc) is 3.04. The molecular weight excluding hydrogens is 466 g/mol. The molecule has 1 N–H and O–H groups in total. The van der Waals surface area contributed by atoms with Gasteiger partial charge in [-0.1, -0.05) is 24.6 Å². The van der Waals surface area contributed by atoms with Crippen molar-refractivity contribution in [2.75, 3.05) is 18.2 Å². The summed E-state index contributed by atoms with van der Waals surface area (Å²) >= 11 is 0. The average molecular weight is 496 g/mol. The van der Waals surface area contributed by atoms with E-state index in [9.17, 15) is 18.5 Å². The second-order valence-electron chi connectivity index (χ2n) is 9.88. The molecule has 3 aromatic rings. The normalized spacial score (nSPS) is 14.3. The third-order valence-electron chi connectivity index (χ3n) is 5.90. The number of nitrogens with one attached hydrogen (secondary N) is 1. The van der Waals surface area contributed by atoms with Crippen molar-refractivity contribution >= 4 is 32.5 Å². The molecule has 0 radical (unpaired) electrons. The molecule has 4 rings (SSSR count). The van der Waals surface area contributed by atoms with Crippen molar-refractivity contribution in [1.29, 1.82) is 5.26 Å². The summed E-state index contributed by atoms with van der Waals surface area (Å²) in [6.45, 7) is 5.84. The highest BCUT2D eigenvalue weighted by Crippen LogP contribution is 2.35. The van der Waals surface area contributed by atoms with Crippen LogP contribution >= 0.6 is 0 Å².